The number of nitrogens with two attached hydrogens (primary N) is 1. The lowest BCUT2D eigenvalue weighted by Gasteiger charge is -2.08. The van der Waals surface area contributed by atoms with Gasteiger partial charge in [0.2, 0.25) is 0 Å². The smallest absolute Gasteiger partial charge is 0.135 e. The van der Waals surface area contributed by atoms with Crippen molar-refractivity contribution in [3.8, 4) is 0 Å². The quantitative estimate of drug-likeness (QED) is 0.810. The Bertz CT molecular complexity index is 364. The molecule has 0 bridgehead atoms. The monoisotopic (exact) mass is 207 g/mol. The first kappa shape index (κ1) is 9.43. The molecule has 15 heavy (non-hydrogen) atoms. The van der Waals surface area contributed by atoms with E-state index in [4.69, 9.17) is 14.9 Å². The van der Waals surface area contributed by atoms with Crippen LogP contribution in [0.5, 0.6) is 0 Å². The molecule has 2 heterocycles. The van der Waals surface area contributed by atoms with Crippen LogP contribution in [0.15, 0.2) is 4.42 Å². The highest BCUT2D eigenvalue weighted by atomic mass is 16.5. The van der Waals surface area contributed by atoms with Crippen molar-refractivity contribution in [2.24, 2.45) is 5.73 Å². The van der Waals surface area contributed by atoms with Crippen LogP contribution in [-0.2, 0) is 24.5 Å². The minimum absolute atomic E-state index is 0.591. The highest BCUT2D eigenvalue weighted by Crippen LogP contribution is 2.40. The van der Waals surface area contributed by atoms with Crippen LogP contribution in [0.25, 0.3) is 0 Å². The summed E-state index contributed by atoms with van der Waals surface area (Å²) >= 11 is 0. The molecule has 1 aliphatic carbocycles. The zero-order valence-corrected chi connectivity index (χ0v) is 8.92. The van der Waals surface area contributed by atoms with E-state index >= 15 is 0 Å². The van der Waals surface area contributed by atoms with Crippen molar-refractivity contribution in [3.05, 3.63) is 22.6 Å². The number of fused-ring (bicyclic) bond motifs is 1. The van der Waals surface area contributed by atoms with Crippen LogP contribution in [0.4, 0.5) is 0 Å². The second-order valence-corrected chi connectivity index (χ2v) is 4.52. The van der Waals surface area contributed by atoms with E-state index in [1.165, 1.54) is 42.6 Å². The van der Waals surface area contributed by atoms with Gasteiger partial charge in [0.15, 0.2) is 0 Å². The van der Waals surface area contributed by atoms with Crippen LogP contribution < -0.4 is 5.73 Å². The number of hydrogen-bond acceptors (Lipinski definition) is 3. The first-order valence-corrected chi connectivity index (χ1v) is 5.81. The molecule has 2 aliphatic rings. The van der Waals surface area contributed by atoms with Gasteiger partial charge < -0.3 is 14.9 Å². The summed E-state index contributed by atoms with van der Waals surface area (Å²) in [5.41, 5.74) is 8.29. The second kappa shape index (κ2) is 3.65. The minimum atomic E-state index is 0.591. The van der Waals surface area contributed by atoms with Gasteiger partial charge in [0.25, 0.3) is 0 Å². The zero-order valence-electron chi connectivity index (χ0n) is 8.92. The maximum Gasteiger partial charge on any atom is 0.135 e. The number of rotatable bonds is 2. The average Bonchev–Trinajstić information content (AvgIpc) is 2.93. The van der Waals surface area contributed by atoms with Gasteiger partial charge in [-0.05, 0) is 12.8 Å². The average molecular weight is 207 g/mol. The van der Waals surface area contributed by atoms with Gasteiger partial charge in [0.1, 0.15) is 18.1 Å². The summed E-state index contributed by atoms with van der Waals surface area (Å²) in [5.74, 6) is 2.81. The number of hydrogen-bond donors (Lipinski definition) is 1. The fourth-order valence-corrected chi connectivity index (χ4v) is 2.84. The lowest BCUT2D eigenvalue weighted by Crippen LogP contribution is -2.04. The maximum absolute atomic E-state index is 5.93. The van der Waals surface area contributed by atoms with Crippen LogP contribution in [0.1, 0.15) is 54.2 Å². The molecule has 3 rings (SSSR count). The minimum Gasteiger partial charge on any atom is -0.463 e. The van der Waals surface area contributed by atoms with E-state index in [0.29, 0.717) is 25.7 Å². The Morgan fingerprint density at radius 2 is 2.00 bits per heavy atom. The lowest BCUT2D eigenvalue weighted by atomic mass is 9.99. The predicted molar refractivity (Wildman–Crippen MR) is 56.3 cm³/mol. The third kappa shape index (κ3) is 1.42. The standard InChI is InChI=1S/C12H17NO2/c13-5-9-10-6-14-7-11(10)15-12(9)8-3-1-2-4-8/h8H,1-7,13H2. The van der Waals surface area contributed by atoms with Gasteiger partial charge in [-0.2, -0.15) is 0 Å². The van der Waals surface area contributed by atoms with Gasteiger partial charge in [0.05, 0.1) is 6.61 Å². The molecule has 0 spiro atoms. The summed E-state index contributed by atoms with van der Waals surface area (Å²) < 4.78 is 11.3. The molecule has 0 unspecified atom stereocenters. The molecule has 1 aliphatic heterocycles. The van der Waals surface area contributed by atoms with Crippen molar-refractivity contribution >= 4 is 0 Å². The molecule has 0 amide bonds. The molecule has 3 nitrogen and oxygen atoms in total. The van der Waals surface area contributed by atoms with E-state index in [2.05, 4.69) is 0 Å². The van der Waals surface area contributed by atoms with Crippen LogP contribution >= 0.6 is 0 Å². The molecule has 82 valence electrons. The van der Waals surface area contributed by atoms with Gasteiger partial charge in [-0.25, -0.2) is 0 Å². The number of furan rings is 1. The molecular weight excluding hydrogens is 190 g/mol. The largest absolute Gasteiger partial charge is 0.463 e. The highest BCUT2D eigenvalue weighted by Gasteiger charge is 2.29. The Labute approximate surface area is 89.6 Å². The Morgan fingerprint density at radius 3 is 2.73 bits per heavy atom. The van der Waals surface area contributed by atoms with Crippen LogP contribution in [0.2, 0.25) is 0 Å². The predicted octanol–water partition coefficient (Wildman–Crippen LogP) is 2.43. The fraction of sp³-hybridized carbons (Fsp3) is 0.667. The van der Waals surface area contributed by atoms with Crippen molar-refractivity contribution in [2.45, 2.75) is 51.4 Å². The first-order valence-electron chi connectivity index (χ1n) is 5.81. The van der Waals surface area contributed by atoms with E-state index in [9.17, 15) is 0 Å². The Balaban J connectivity index is 1.99. The van der Waals surface area contributed by atoms with E-state index in [1.54, 1.807) is 0 Å². The fourth-order valence-electron chi connectivity index (χ4n) is 2.84. The molecule has 0 atom stereocenters. The van der Waals surface area contributed by atoms with Gasteiger partial charge in [-0.15, -0.1) is 0 Å². The van der Waals surface area contributed by atoms with E-state index < -0.39 is 0 Å². The Kier molecular flexibility index (Phi) is 2.29. The van der Waals surface area contributed by atoms with Crippen molar-refractivity contribution in [3.63, 3.8) is 0 Å². The summed E-state index contributed by atoms with van der Waals surface area (Å²) in [5, 5.41) is 0. The summed E-state index contributed by atoms with van der Waals surface area (Å²) in [7, 11) is 0. The van der Waals surface area contributed by atoms with Gasteiger partial charge >= 0.3 is 0 Å². The van der Waals surface area contributed by atoms with Crippen LogP contribution in [0.3, 0.4) is 0 Å². The molecule has 1 aromatic heterocycles. The molecule has 1 aromatic rings. The highest BCUT2D eigenvalue weighted by molar-refractivity contribution is 5.36. The summed E-state index contributed by atoms with van der Waals surface area (Å²) in [6.07, 6.45) is 5.19. The molecule has 0 radical (unpaired) electrons. The molecule has 3 heteroatoms. The summed E-state index contributed by atoms with van der Waals surface area (Å²) in [6.45, 7) is 1.92. The molecular formula is C12H17NO2. The van der Waals surface area contributed by atoms with Crippen molar-refractivity contribution in [2.75, 3.05) is 0 Å². The third-order valence-corrected chi connectivity index (χ3v) is 3.64. The van der Waals surface area contributed by atoms with Crippen molar-refractivity contribution in [1.82, 2.24) is 0 Å². The zero-order chi connectivity index (χ0) is 10.3. The van der Waals surface area contributed by atoms with Crippen LogP contribution in [0, 0.1) is 0 Å². The SMILES string of the molecule is NCc1c(C2CCCC2)oc2c1COC2. The molecule has 1 fully saturated rings. The topological polar surface area (TPSA) is 48.4 Å². The van der Waals surface area contributed by atoms with Gasteiger partial charge in [-0.1, -0.05) is 12.8 Å². The van der Waals surface area contributed by atoms with Gasteiger partial charge in [0, 0.05) is 23.6 Å². The summed E-state index contributed by atoms with van der Waals surface area (Å²) in [4.78, 5) is 0. The molecule has 0 saturated heterocycles. The Morgan fingerprint density at radius 1 is 1.20 bits per heavy atom. The van der Waals surface area contributed by atoms with Crippen molar-refractivity contribution < 1.29 is 9.15 Å². The van der Waals surface area contributed by atoms with E-state index in [0.717, 1.165) is 5.76 Å². The number of ether oxygens (including phenoxy) is 1. The Hall–Kier alpha value is -0.800. The molecule has 1 saturated carbocycles. The first-order chi connectivity index (χ1) is 7.40. The maximum atomic E-state index is 5.93. The normalized spacial score (nSPS) is 21.1. The van der Waals surface area contributed by atoms with Crippen molar-refractivity contribution in [1.29, 1.82) is 0 Å². The lowest BCUT2D eigenvalue weighted by molar-refractivity contribution is 0.122. The van der Waals surface area contributed by atoms with Gasteiger partial charge in [-0.3, -0.25) is 0 Å². The third-order valence-electron chi connectivity index (χ3n) is 3.64. The van der Waals surface area contributed by atoms with E-state index in [-0.39, 0.29) is 0 Å². The summed E-state index contributed by atoms with van der Waals surface area (Å²) in [6, 6.07) is 0. The molecule has 2 N–H and O–H groups in total. The second-order valence-electron chi connectivity index (χ2n) is 4.52. The molecule has 0 aromatic carbocycles. The van der Waals surface area contributed by atoms with E-state index in [1.807, 2.05) is 0 Å². The van der Waals surface area contributed by atoms with Crippen LogP contribution in [-0.4, -0.2) is 0 Å².